The van der Waals surface area contributed by atoms with Gasteiger partial charge in [-0.3, -0.25) is 14.2 Å². The van der Waals surface area contributed by atoms with E-state index in [0.29, 0.717) is 11.3 Å². The zero-order valence-electron chi connectivity index (χ0n) is 18.0. The van der Waals surface area contributed by atoms with Crippen LogP contribution in [0.1, 0.15) is 36.1 Å². The van der Waals surface area contributed by atoms with Gasteiger partial charge in [0.25, 0.3) is 5.91 Å². The van der Waals surface area contributed by atoms with Crippen molar-refractivity contribution in [2.45, 2.75) is 48.8 Å². The number of carbonyl (C=O) groups excluding carboxylic acids is 1. The van der Waals surface area contributed by atoms with Gasteiger partial charge in [-0.15, -0.1) is 0 Å². The van der Waals surface area contributed by atoms with E-state index in [-0.39, 0.29) is 17.1 Å². The van der Waals surface area contributed by atoms with Crippen LogP contribution in [0, 0.1) is 0 Å². The van der Waals surface area contributed by atoms with Crippen LogP contribution in [0.4, 0.5) is 0 Å². The summed E-state index contributed by atoms with van der Waals surface area (Å²) >= 11 is 0. The zero-order valence-corrected chi connectivity index (χ0v) is 19.6. The van der Waals surface area contributed by atoms with Crippen molar-refractivity contribution < 1.29 is 27.0 Å². The fourth-order valence-electron chi connectivity index (χ4n) is 4.07. The second-order valence-electron chi connectivity index (χ2n) is 8.08. The van der Waals surface area contributed by atoms with Crippen LogP contribution in [-0.2, 0) is 44.2 Å². The van der Waals surface area contributed by atoms with Crippen LogP contribution in [0.25, 0.3) is 11.0 Å². The Kier molecular flexibility index (Phi) is 7.28. The Labute approximate surface area is 194 Å². The summed E-state index contributed by atoms with van der Waals surface area (Å²) in [5.74, 6) is 0.363. The molecule has 1 unspecified atom stereocenters. The van der Waals surface area contributed by atoms with Gasteiger partial charge in [0.15, 0.2) is 0 Å². The lowest BCUT2D eigenvalue weighted by Crippen LogP contribution is -2.46. The molecule has 1 heterocycles. The summed E-state index contributed by atoms with van der Waals surface area (Å²) in [7, 11) is -5.40. The monoisotopic (exact) mass is 490 g/mol. The van der Waals surface area contributed by atoms with Crippen molar-refractivity contribution in [2.75, 3.05) is 5.75 Å². The highest BCUT2D eigenvalue weighted by Crippen LogP contribution is 2.33. The van der Waals surface area contributed by atoms with Crippen molar-refractivity contribution in [1.82, 2.24) is 10.2 Å². The Morgan fingerprint density at radius 3 is 2.64 bits per heavy atom. The number of nitrogens with one attached hydrogen (secondary N) is 2. The molecule has 0 bridgehead atoms. The van der Waals surface area contributed by atoms with Gasteiger partial charge < -0.3 is 4.42 Å². The average Bonchev–Trinajstić information content (AvgIpc) is 3.20. The van der Waals surface area contributed by atoms with Gasteiger partial charge in [-0.25, -0.2) is 13.9 Å². The van der Waals surface area contributed by atoms with Crippen LogP contribution in [-0.4, -0.2) is 35.5 Å². The Hall–Kier alpha value is -2.53. The summed E-state index contributed by atoms with van der Waals surface area (Å²) in [4.78, 5) is 12.1. The Bertz CT molecular complexity index is 1270. The number of hydroxylamine groups is 1. The minimum Gasteiger partial charge on any atom is -0.461 e. The normalized spacial score (nSPS) is 15.7. The fraction of sp³-hybridized carbons (Fsp3) is 0.348. The molecule has 176 valence electrons. The Morgan fingerprint density at radius 1 is 1.12 bits per heavy atom. The van der Waals surface area contributed by atoms with Gasteiger partial charge in [-0.05, 0) is 43.4 Å². The van der Waals surface area contributed by atoms with Gasteiger partial charge in [-0.1, -0.05) is 30.3 Å². The maximum absolute atomic E-state index is 13.0. The van der Waals surface area contributed by atoms with E-state index in [0.717, 1.165) is 48.0 Å². The van der Waals surface area contributed by atoms with Crippen molar-refractivity contribution in [3.05, 3.63) is 65.4 Å². The van der Waals surface area contributed by atoms with Gasteiger partial charge in [-0.2, -0.15) is 4.72 Å². The quantitative estimate of drug-likeness (QED) is 0.313. The van der Waals surface area contributed by atoms with Crippen LogP contribution < -0.4 is 10.2 Å². The average molecular weight is 491 g/mol. The molecule has 1 amide bonds. The van der Waals surface area contributed by atoms with E-state index < -0.39 is 32.8 Å². The molecule has 2 aromatic carbocycles. The van der Waals surface area contributed by atoms with E-state index in [1.807, 2.05) is 30.3 Å². The zero-order chi connectivity index (χ0) is 23.4. The maximum Gasteiger partial charge on any atom is 0.261 e. The van der Waals surface area contributed by atoms with Crippen LogP contribution in [0.2, 0.25) is 0 Å². The first-order valence-electron chi connectivity index (χ1n) is 10.8. The molecule has 3 N–H and O–H groups in total. The lowest BCUT2D eigenvalue weighted by Gasteiger charge is -2.17. The van der Waals surface area contributed by atoms with Gasteiger partial charge in [0.1, 0.15) is 17.4 Å². The number of fused-ring (bicyclic) bond motifs is 3. The van der Waals surface area contributed by atoms with Crippen LogP contribution >= 0.6 is 0 Å². The van der Waals surface area contributed by atoms with Gasteiger partial charge in [0, 0.05) is 45.7 Å². The highest BCUT2D eigenvalue weighted by atomic mass is 32.2. The molecule has 0 radical (unpaired) electrons. The molecule has 1 aliphatic carbocycles. The van der Waals surface area contributed by atoms with Crippen molar-refractivity contribution in [3.63, 3.8) is 0 Å². The highest BCUT2D eigenvalue weighted by Gasteiger charge is 2.27. The van der Waals surface area contributed by atoms with E-state index in [2.05, 4.69) is 4.72 Å². The third-order valence-corrected chi connectivity index (χ3v) is 8.58. The largest absolute Gasteiger partial charge is 0.461 e. The van der Waals surface area contributed by atoms with Gasteiger partial charge >= 0.3 is 0 Å². The number of amides is 1. The van der Waals surface area contributed by atoms with E-state index >= 15 is 0 Å². The number of benzene rings is 2. The first-order chi connectivity index (χ1) is 15.9. The molecular formula is C23H26N2O6S2. The van der Waals surface area contributed by atoms with Gasteiger partial charge in [0.2, 0.25) is 10.0 Å². The number of aryl methyl sites for hydroxylation is 2. The second kappa shape index (κ2) is 10.2. The summed E-state index contributed by atoms with van der Waals surface area (Å²) < 4.78 is 46.6. The topological polar surface area (TPSA) is 126 Å². The molecule has 0 saturated heterocycles. The minimum atomic E-state index is -4.10. The lowest BCUT2D eigenvalue weighted by atomic mass is 9.96. The standard InChI is InChI=1S/C23H26N2O6S2/c26-23(24-27)20(12-13-32(28)15-16-6-2-1-3-7-16)25-33(29,30)17-10-11-19-18-8-4-5-9-21(18)31-22(19)14-17/h1-3,6-7,10-11,14,20,25,27H,4-5,8-9,12-13,15H2,(H,24,26)/t20-,32?/m0/s1. The van der Waals surface area contributed by atoms with E-state index in [1.165, 1.54) is 17.6 Å². The second-order valence-corrected chi connectivity index (χ2v) is 11.4. The molecule has 1 aromatic heterocycles. The summed E-state index contributed by atoms with van der Waals surface area (Å²) in [6, 6.07) is 12.6. The van der Waals surface area contributed by atoms with Crippen LogP contribution in [0.15, 0.2) is 57.8 Å². The number of carbonyl (C=O) groups is 1. The molecule has 33 heavy (non-hydrogen) atoms. The number of sulfonamides is 1. The minimum absolute atomic E-state index is 0.0393. The number of furan rings is 1. The Morgan fingerprint density at radius 2 is 1.88 bits per heavy atom. The van der Waals surface area contributed by atoms with Crippen molar-refractivity contribution in [1.29, 1.82) is 0 Å². The third kappa shape index (κ3) is 5.52. The van der Waals surface area contributed by atoms with Crippen molar-refractivity contribution in [3.8, 4) is 0 Å². The predicted molar refractivity (Wildman–Crippen MR) is 125 cm³/mol. The molecule has 4 rings (SSSR count). The number of hydrogen-bond donors (Lipinski definition) is 3. The summed E-state index contributed by atoms with van der Waals surface area (Å²) in [5.41, 5.74) is 4.00. The van der Waals surface area contributed by atoms with Crippen LogP contribution in [0.5, 0.6) is 0 Å². The molecular weight excluding hydrogens is 464 g/mol. The van der Waals surface area contributed by atoms with Crippen LogP contribution in [0.3, 0.4) is 0 Å². The summed E-state index contributed by atoms with van der Waals surface area (Å²) in [6.45, 7) is 0. The first-order valence-corrected chi connectivity index (χ1v) is 13.7. The first kappa shape index (κ1) is 23.6. The van der Waals surface area contributed by atoms with E-state index in [9.17, 15) is 17.4 Å². The number of hydrogen-bond acceptors (Lipinski definition) is 6. The van der Waals surface area contributed by atoms with Crippen molar-refractivity contribution in [2.24, 2.45) is 0 Å². The number of rotatable bonds is 9. The highest BCUT2D eigenvalue weighted by molar-refractivity contribution is 7.89. The molecule has 0 aliphatic heterocycles. The van der Waals surface area contributed by atoms with Gasteiger partial charge in [0.05, 0.1) is 4.90 Å². The third-order valence-electron chi connectivity index (χ3n) is 5.77. The van der Waals surface area contributed by atoms with E-state index in [1.54, 1.807) is 6.07 Å². The molecule has 3 aromatic rings. The molecule has 0 spiro atoms. The maximum atomic E-state index is 13.0. The molecule has 0 fully saturated rings. The summed E-state index contributed by atoms with van der Waals surface area (Å²) in [6.07, 6.45) is 3.83. The molecule has 2 atom stereocenters. The Balaban J connectivity index is 1.48. The molecule has 10 heteroatoms. The lowest BCUT2D eigenvalue weighted by molar-refractivity contribution is -0.130. The molecule has 1 aliphatic rings. The summed E-state index contributed by atoms with van der Waals surface area (Å²) in [5, 5.41) is 9.99. The fourth-order valence-corrected chi connectivity index (χ4v) is 6.52. The SMILES string of the molecule is O=C(NO)[C@H](CCS(=O)Cc1ccccc1)NS(=O)(=O)c1ccc2c3c(oc2c1)CCCC3. The smallest absolute Gasteiger partial charge is 0.261 e. The van der Waals surface area contributed by atoms with E-state index in [4.69, 9.17) is 9.62 Å². The van der Waals surface area contributed by atoms with Crippen molar-refractivity contribution >= 4 is 37.7 Å². The molecule has 0 saturated carbocycles. The predicted octanol–water partition coefficient (Wildman–Crippen LogP) is 2.80. The molecule has 8 nitrogen and oxygen atoms in total.